The van der Waals surface area contributed by atoms with Crippen LogP contribution in [0.1, 0.15) is 21.6 Å². The Morgan fingerprint density at radius 3 is 2.30 bits per heavy atom. The Morgan fingerprint density at radius 2 is 1.67 bits per heavy atom. The summed E-state index contributed by atoms with van der Waals surface area (Å²) in [7, 11) is 2.54. The lowest BCUT2D eigenvalue weighted by atomic mass is 10.0. The van der Waals surface area contributed by atoms with E-state index in [2.05, 4.69) is 10.1 Å². The maximum Gasteiger partial charge on any atom is 0.418 e. The number of rotatable bonds is 3. The fraction of sp³-hybridized carbons (Fsp3) is 0.150. The summed E-state index contributed by atoms with van der Waals surface area (Å²) in [5, 5.41) is 3.09. The molecule has 7 heteroatoms. The minimum absolute atomic E-state index is 0.226. The molecule has 3 aromatic rings. The predicted octanol–water partition coefficient (Wildman–Crippen LogP) is 3.97. The van der Waals surface area contributed by atoms with E-state index in [1.165, 1.54) is 18.8 Å². The molecule has 0 saturated heterocycles. The number of methoxy groups -OCH3 is 2. The SMILES string of the molecule is COC(=O)Nc1ccc2c(c1)c(C(=O)c1ccccc1)c(C)n2C(=O)OC. The maximum atomic E-state index is 13.1. The van der Waals surface area contributed by atoms with Crippen molar-refractivity contribution in [3.63, 3.8) is 0 Å². The summed E-state index contributed by atoms with van der Waals surface area (Å²) in [6, 6.07) is 13.7. The molecule has 0 aliphatic heterocycles. The summed E-state index contributed by atoms with van der Waals surface area (Å²) in [5.41, 5.74) is 2.28. The highest BCUT2D eigenvalue weighted by atomic mass is 16.5. The van der Waals surface area contributed by atoms with Gasteiger partial charge in [0, 0.05) is 22.3 Å². The zero-order valence-corrected chi connectivity index (χ0v) is 15.1. The van der Waals surface area contributed by atoms with E-state index in [9.17, 15) is 14.4 Å². The monoisotopic (exact) mass is 366 g/mol. The Balaban J connectivity index is 2.24. The molecule has 1 amide bonds. The van der Waals surface area contributed by atoms with Crippen LogP contribution in [0.4, 0.5) is 15.3 Å². The van der Waals surface area contributed by atoms with Crippen molar-refractivity contribution in [1.29, 1.82) is 0 Å². The normalized spacial score (nSPS) is 10.5. The van der Waals surface area contributed by atoms with E-state index in [0.717, 1.165) is 0 Å². The van der Waals surface area contributed by atoms with Crippen LogP contribution < -0.4 is 5.32 Å². The highest BCUT2D eigenvalue weighted by Crippen LogP contribution is 2.30. The number of carbonyl (C=O) groups excluding carboxylic acids is 3. The number of hydrogen-bond donors (Lipinski definition) is 1. The van der Waals surface area contributed by atoms with Gasteiger partial charge < -0.3 is 9.47 Å². The molecule has 0 aliphatic carbocycles. The quantitative estimate of drug-likeness (QED) is 0.709. The van der Waals surface area contributed by atoms with Crippen LogP contribution in [0.25, 0.3) is 10.9 Å². The number of aromatic nitrogens is 1. The van der Waals surface area contributed by atoms with Gasteiger partial charge in [0.05, 0.1) is 25.3 Å². The molecule has 1 heterocycles. The first-order chi connectivity index (χ1) is 13.0. The summed E-state index contributed by atoms with van der Waals surface area (Å²) < 4.78 is 10.8. The molecule has 0 radical (unpaired) electrons. The molecule has 0 fully saturated rings. The zero-order chi connectivity index (χ0) is 19.6. The Bertz CT molecular complexity index is 1040. The summed E-state index contributed by atoms with van der Waals surface area (Å²) in [5.74, 6) is -0.226. The molecule has 0 aliphatic rings. The first-order valence-electron chi connectivity index (χ1n) is 8.16. The van der Waals surface area contributed by atoms with Crippen LogP contribution >= 0.6 is 0 Å². The lowest BCUT2D eigenvalue weighted by molar-refractivity contribution is 0.103. The lowest BCUT2D eigenvalue weighted by Crippen LogP contribution is -2.14. The molecule has 0 bridgehead atoms. The summed E-state index contributed by atoms with van der Waals surface area (Å²) >= 11 is 0. The van der Waals surface area contributed by atoms with E-state index in [0.29, 0.717) is 33.4 Å². The van der Waals surface area contributed by atoms with E-state index >= 15 is 0 Å². The van der Waals surface area contributed by atoms with E-state index in [4.69, 9.17) is 4.74 Å². The van der Waals surface area contributed by atoms with Crippen molar-refractivity contribution in [1.82, 2.24) is 4.57 Å². The molecule has 7 nitrogen and oxygen atoms in total. The number of benzene rings is 2. The molecular weight excluding hydrogens is 348 g/mol. The zero-order valence-electron chi connectivity index (χ0n) is 15.1. The van der Waals surface area contributed by atoms with Gasteiger partial charge in [-0.15, -0.1) is 0 Å². The van der Waals surface area contributed by atoms with Gasteiger partial charge in [0.2, 0.25) is 0 Å². The van der Waals surface area contributed by atoms with Crippen LogP contribution in [-0.4, -0.2) is 36.8 Å². The molecule has 3 rings (SSSR count). The van der Waals surface area contributed by atoms with Gasteiger partial charge in [-0.25, -0.2) is 14.2 Å². The number of hydrogen-bond acceptors (Lipinski definition) is 5. The summed E-state index contributed by atoms with van der Waals surface area (Å²) in [4.78, 5) is 36.9. The van der Waals surface area contributed by atoms with Gasteiger partial charge in [-0.05, 0) is 25.1 Å². The van der Waals surface area contributed by atoms with Crippen LogP contribution in [0, 0.1) is 6.92 Å². The van der Waals surface area contributed by atoms with Crippen LogP contribution in [0.5, 0.6) is 0 Å². The molecule has 0 atom stereocenters. The van der Waals surface area contributed by atoms with Crippen molar-refractivity contribution in [3.05, 3.63) is 65.4 Å². The number of carbonyl (C=O) groups is 3. The minimum atomic E-state index is -0.630. The van der Waals surface area contributed by atoms with Crippen molar-refractivity contribution in [2.75, 3.05) is 19.5 Å². The van der Waals surface area contributed by atoms with E-state index in [1.54, 1.807) is 49.4 Å². The highest BCUT2D eigenvalue weighted by Gasteiger charge is 2.24. The smallest absolute Gasteiger partial charge is 0.418 e. The molecule has 138 valence electrons. The number of anilines is 1. The predicted molar refractivity (Wildman–Crippen MR) is 100 cm³/mol. The number of ketones is 1. The van der Waals surface area contributed by atoms with Crippen LogP contribution in [0.2, 0.25) is 0 Å². The average Bonchev–Trinajstić information content (AvgIpc) is 2.98. The van der Waals surface area contributed by atoms with Crippen LogP contribution in [0.3, 0.4) is 0 Å². The van der Waals surface area contributed by atoms with Gasteiger partial charge >= 0.3 is 12.2 Å². The van der Waals surface area contributed by atoms with Gasteiger partial charge in [0.1, 0.15) is 0 Å². The fourth-order valence-electron chi connectivity index (χ4n) is 3.01. The largest absolute Gasteiger partial charge is 0.453 e. The Morgan fingerprint density at radius 1 is 0.963 bits per heavy atom. The number of nitrogens with zero attached hydrogens (tertiary/aromatic N) is 1. The van der Waals surface area contributed by atoms with Gasteiger partial charge in [-0.1, -0.05) is 30.3 Å². The van der Waals surface area contributed by atoms with Gasteiger partial charge in [0.15, 0.2) is 5.78 Å². The Labute approximate surface area is 155 Å². The Hall–Kier alpha value is -3.61. The van der Waals surface area contributed by atoms with Gasteiger partial charge in [-0.3, -0.25) is 10.1 Å². The van der Waals surface area contributed by atoms with Crippen LogP contribution in [0.15, 0.2) is 48.5 Å². The second-order valence-electron chi connectivity index (χ2n) is 5.81. The number of nitrogens with one attached hydrogen (secondary N) is 1. The molecule has 27 heavy (non-hydrogen) atoms. The molecule has 2 aromatic carbocycles. The second kappa shape index (κ2) is 7.33. The minimum Gasteiger partial charge on any atom is -0.453 e. The van der Waals surface area contributed by atoms with Crippen molar-refractivity contribution in [3.8, 4) is 0 Å². The average molecular weight is 366 g/mol. The molecule has 0 saturated carbocycles. The van der Waals surface area contributed by atoms with Crippen molar-refractivity contribution in [2.24, 2.45) is 0 Å². The summed E-state index contributed by atoms with van der Waals surface area (Å²) in [6.07, 6.45) is -1.23. The maximum absolute atomic E-state index is 13.1. The third kappa shape index (κ3) is 3.27. The molecule has 1 aromatic heterocycles. The Kier molecular flexibility index (Phi) is 4.94. The third-order valence-corrected chi connectivity index (χ3v) is 4.26. The molecule has 0 unspecified atom stereocenters. The topological polar surface area (TPSA) is 86.6 Å². The van der Waals surface area contributed by atoms with Crippen molar-refractivity contribution in [2.45, 2.75) is 6.92 Å². The molecular formula is C20H18N2O5. The summed E-state index contributed by atoms with van der Waals surface area (Å²) in [6.45, 7) is 1.68. The van der Waals surface area contributed by atoms with Gasteiger partial charge in [0.25, 0.3) is 0 Å². The molecule has 0 spiro atoms. The fourth-order valence-corrected chi connectivity index (χ4v) is 3.01. The molecule has 1 N–H and O–H groups in total. The highest BCUT2D eigenvalue weighted by molar-refractivity contribution is 6.19. The standard InChI is InChI=1S/C20H18N2O5/c1-12-17(18(23)13-7-5-4-6-8-13)15-11-14(21-19(24)26-2)9-10-16(15)22(12)20(25)27-3/h4-11H,1-3H3,(H,21,24). The van der Waals surface area contributed by atoms with E-state index in [1.807, 2.05) is 6.07 Å². The number of ether oxygens (including phenoxy) is 2. The number of fused-ring (bicyclic) bond motifs is 1. The van der Waals surface area contributed by atoms with Crippen LogP contribution in [-0.2, 0) is 9.47 Å². The number of amides is 1. The first-order valence-corrected chi connectivity index (χ1v) is 8.16. The lowest BCUT2D eigenvalue weighted by Gasteiger charge is -2.06. The third-order valence-electron chi connectivity index (χ3n) is 4.26. The second-order valence-corrected chi connectivity index (χ2v) is 5.81. The van der Waals surface area contributed by atoms with E-state index in [-0.39, 0.29) is 5.78 Å². The first kappa shape index (κ1) is 18.2. The van der Waals surface area contributed by atoms with E-state index < -0.39 is 12.2 Å². The van der Waals surface area contributed by atoms with Crippen molar-refractivity contribution >= 4 is 34.6 Å². The van der Waals surface area contributed by atoms with Crippen molar-refractivity contribution < 1.29 is 23.9 Å². The van der Waals surface area contributed by atoms with Gasteiger partial charge in [-0.2, -0.15) is 0 Å².